The molecule has 100 valence electrons. The van der Waals surface area contributed by atoms with Gasteiger partial charge in [0, 0.05) is 6.54 Å². The summed E-state index contributed by atoms with van der Waals surface area (Å²) in [5.41, 5.74) is 0.902. The molecule has 0 spiro atoms. The first-order valence-corrected chi connectivity index (χ1v) is 5.90. The van der Waals surface area contributed by atoms with Crippen molar-refractivity contribution in [3.8, 4) is 0 Å². The van der Waals surface area contributed by atoms with Gasteiger partial charge < -0.3 is 15.3 Å². The number of carboxylic acid groups (broad SMARTS) is 1. The summed E-state index contributed by atoms with van der Waals surface area (Å²) in [5, 5.41) is 11.1. The highest BCUT2D eigenvalue weighted by atomic mass is 16.4. The molecule has 2 N–H and O–H groups in total. The van der Waals surface area contributed by atoms with Crippen LogP contribution in [0.5, 0.6) is 0 Å². The van der Waals surface area contributed by atoms with Crippen molar-refractivity contribution in [3.05, 3.63) is 35.9 Å². The molecule has 0 unspecified atom stereocenters. The average molecular weight is 262 g/mol. The summed E-state index contributed by atoms with van der Waals surface area (Å²) in [6.07, 6.45) is -0.393. The summed E-state index contributed by atoms with van der Waals surface area (Å²) in [7, 11) is 0. The predicted molar refractivity (Wildman–Crippen MR) is 66.0 cm³/mol. The maximum absolute atomic E-state index is 12.1. The summed E-state index contributed by atoms with van der Waals surface area (Å²) in [6.45, 7) is 0.271. The predicted octanol–water partition coefficient (Wildman–Crippen LogP) is -0.0117. The van der Waals surface area contributed by atoms with E-state index in [-0.39, 0.29) is 18.4 Å². The van der Waals surface area contributed by atoms with Crippen molar-refractivity contribution in [3.63, 3.8) is 0 Å². The van der Waals surface area contributed by atoms with Gasteiger partial charge in [0.05, 0.1) is 13.0 Å². The number of amides is 2. The van der Waals surface area contributed by atoms with E-state index in [1.165, 1.54) is 4.90 Å². The van der Waals surface area contributed by atoms with Crippen LogP contribution in [0, 0.1) is 0 Å². The van der Waals surface area contributed by atoms with Gasteiger partial charge in [-0.05, 0) is 5.56 Å². The number of rotatable bonds is 4. The van der Waals surface area contributed by atoms with E-state index in [0.29, 0.717) is 6.54 Å². The van der Waals surface area contributed by atoms with E-state index in [0.717, 1.165) is 5.56 Å². The van der Waals surface area contributed by atoms with Gasteiger partial charge in [0.25, 0.3) is 0 Å². The molecule has 1 saturated heterocycles. The van der Waals surface area contributed by atoms with Gasteiger partial charge in [-0.1, -0.05) is 30.3 Å². The minimum absolute atomic E-state index is 0.0379. The van der Waals surface area contributed by atoms with E-state index in [1.807, 2.05) is 30.3 Å². The van der Waals surface area contributed by atoms with Crippen molar-refractivity contribution in [2.45, 2.75) is 19.0 Å². The highest BCUT2D eigenvalue weighted by molar-refractivity contribution is 5.96. The highest BCUT2D eigenvalue weighted by Gasteiger charge is 2.33. The molecule has 0 saturated carbocycles. The van der Waals surface area contributed by atoms with Gasteiger partial charge in [-0.15, -0.1) is 0 Å². The molecule has 1 heterocycles. The first-order chi connectivity index (χ1) is 9.06. The van der Waals surface area contributed by atoms with E-state index in [1.54, 1.807) is 0 Å². The number of hydrogen-bond donors (Lipinski definition) is 2. The average Bonchev–Trinajstić information content (AvgIpc) is 2.35. The van der Waals surface area contributed by atoms with Crippen LogP contribution in [0.25, 0.3) is 0 Å². The lowest BCUT2D eigenvalue weighted by Crippen LogP contribution is -2.58. The second kappa shape index (κ2) is 5.51. The van der Waals surface area contributed by atoms with Crippen molar-refractivity contribution >= 4 is 17.8 Å². The van der Waals surface area contributed by atoms with Crippen LogP contribution in [0.4, 0.5) is 0 Å². The Kier molecular flexibility index (Phi) is 3.79. The van der Waals surface area contributed by atoms with Crippen molar-refractivity contribution < 1.29 is 19.5 Å². The normalized spacial score (nSPS) is 19.2. The molecule has 0 aromatic heterocycles. The third-order valence-electron chi connectivity index (χ3n) is 2.87. The summed E-state index contributed by atoms with van der Waals surface area (Å²) in [4.78, 5) is 35.6. The Morgan fingerprint density at radius 1 is 1.32 bits per heavy atom. The second-order valence-corrected chi connectivity index (χ2v) is 4.40. The Labute approximate surface area is 110 Å². The molecule has 19 heavy (non-hydrogen) atoms. The van der Waals surface area contributed by atoms with Gasteiger partial charge in [0.15, 0.2) is 0 Å². The van der Waals surface area contributed by atoms with Crippen LogP contribution in [0.2, 0.25) is 0 Å². The minimum atomic E-state index is -1.11. The molecule has 0 radical (unpaired) electrons. The molecule has 1 aromatic carbocycles. The van der Waals surface area contributed by atoms with Gasteiger partial charge in [0.1, 0.15) is 6.04 Å². The summed E-state index contributed by atoms with van der Waals surface area (Å²) in [5.74, 6) is -1.80. The molecule has 1 fully saturated rings. The molecule has 1 atom stereocenters. The zero-order valence-electron chi connectivity index (χ0n) is 10.2. The number of benzene rings is 1. The van der Waals surface area contributed by atoms with Crippen molar-refractivity contribution in [2.75, 3.05) is 6.54 Å². The molecule has 6 nitrogen and oxygen atoms in total. The van der Waals surface area contributed by atoms with E-state index < -0.39 is 18.4 Å². The molecule has 2 amide bonds. The maximum Gasteiger partial charge on any atom is 0.305 e. The fourth-order valence-electron chi connectivity index (χ4n) is 2.02. The molecular weight excluding hydrogens is 248 g/mol. The van der Waals surface area contributed by atoms with Crippen LogP contribution < -0.4 is 5.32 Å². The largest absolute Gasteiger partial charge is 0.481 e. The number of aliphatic carboxylic acids is 1. The lowest BCUT2D eigenvalue weighted by atomic mass is 10.1. The Morgan fingerprint density at radius 2 is 2.00 bits per heavy atom. The molecule has 0 bridgehead atoms. The topological polar surface area (TPSA) is 86.7 Å². The Morgan fingerprint density at radius 3 is 2.63 bits per heavy atom. The summed E-state index contributed by atoms with van der Waals surface area (Å²) in [6, 6.07) is 8.29. The zero-order valence-corrected chi connectivity index (χ0v) is 10.2. The summed E-state index contributed by atoms with van der Waals surface area (Å²) >= 11 is 0. The van der Waals surface area contributed by atoms with Crippen LogP contribution in [-0.2, 0) is 20.9 Å². The van der Waals surface area contributed by atoms with Gasteiger partial charge >= 0.3 is 5.97 Å². The molecule has 2 rings (SSSR count). The van der Waals surface area contributed by atoms with Gasteiger partial charge in [-0.2, -0.15) is 0 Å². The number of piperazine rings is 1. The van der Waals surface area contributed by atoms with Crippen LogP contribution in [0.15, 0.2) is 30.3 Å². The van der Waals surface area contributed by atoms with Gasteiger partial charge in [0.2, 0.25) is 11.8 Å². The van der Waals surface area contributed by atoms with Crippen molar-refractivity contribution in [2.24, 2.45) is 0 Å². The fraction of sp³-hybridized carbons (Fsp3) is 0.308. The number of hydrogen-bond acceptors (Lipinski definition) is 3. The van der Waals surface area contributed by atoms with Crippen LogP contribution in [-0.4, -0.2) is 40.4 Å². The van der Waals surface area contributed by atoms with Crippen LogP contribution in [0.1, 0.15) is 12.0 Å². The fourth-order valence-corrected chi connectivity index (χ4v) is 2.02. The Bertz CT molecular complexity index is 499. The second-order valence-electron chi connectivity index (χ2n) is 4.40. The molecule has 1 aliphatic heterocycles. The van der Waals surface area contributed by atoms with Crippen LogP contribution in [0.3, 0.4) is 0 Å². The lowest BCUT2D eigenvalue weighted by molar-refractivity contribution is -0.148. The Hall–Kier alpha value is -2.37. The first-order valence-electron chi connectivity index (χ1n) is 5.90. The number of carbonyl (C=O) groups is 3. The molecular formula is C13H14N2O4. The quantitative estimate of drug-likeness (QED) is 0.799. The maximum atomic E-state index is 12.1. The number of carbonyl (C=O) groups excluding carboxylic acids is 2. The van der Waals surface area contributed by atoms with Gasteiger partial charge in [-0.25, -0.2) is 0 Å². The molecule has 1 aliphatic rings. The van der Waals surface area contributed by atoms with E-state index in [2.05, 4.69) is 5.32 Å². The van der Waals surface area contributed by atoms with Crippen molar-refractivity contribution in [1.82, 2.24) is 10.2 Å². The standard InChI is InChI=1S/C13H14N2O4/c16-11-8-15(7-9-4-2-1-3-5-9)13(19)10(14-11)6-12(17)18/h1-5,10H,6-8H2,(H,14,16)(H,17,18)/t10-/m1/s1. The molecule has 6 heteroatoms. The minimum Gasteiger partial charge on any atom is -0.481 e. The number of nitrogens with zero attached hydrogens (tertiary/aromatic N) is 1. The van der Waals surface area contributed by atoms with E-state index >= 15 is 0 Å². The van der Waals surface area contributed by atoms with E-state index in [4.69, 9.17) is 5.11 Å². The third-order valence-corrected chi connectivity index (χ3v) is 2.87. The summed E-state index contributed by atoms with van der Waals surface area (Å²) < 4.78 is 0. The smallest absolute Gasteiger partial charge is 0.305 e. The zero-order chi connectivity index (χ0) is 13.8. The Balaban J connectivity index is 2.09. The van der Waals surface area contributed by atoms with Crippen LogP contribution >= 0.6 is 0 Å². The third kappa shape index (κ3) is 3.31. The number of nitrogens with one attached hydrogen (secondary N) is 1. The lowest BCUT2D eigenvalue weighted by Gasteiger charge is -2.31. The molecule has 0 aliphatic carbocycles. The highest BCUT2D eigenvalue weighted by Crippen LogP contribution is 2.11. The monoisotopic (exact) mass is 262 g/mol. The van der Waals surface area contributed by atoms with Gasteiger partial charge in [-0.3, -0.25) is 14.4 Å². The number of carboxylic acids is 1. The molecule has 1 aromatic rings. The van der Waals surface area contributed by atoms with E-state index in [9.17, 15) is 14.4 Å². The first kappa shape index (κ1) is 13.1. The SMILES string of the molecule is O=C(O)C[C@H]1NC(=O)CN(Cc2ccccc2)C1=O. The van der Waals surface area contributed by atoms with Crippen molar-refractivity contribution in [1.29, 1.82) is 0 Å².